The van der Waals surface area contributed by atoms with Crippen LogP contribution in [0.3, 0.4) is 0 Å². The first-order valence-electron chi connectivity index (χ1n) is 10.3. The average Bonchev–Trinajstić information content (AvgIpc) is 3.19. The fourth-order valence-corrected chi connectivity index (χ4v) is 5.18. The standard InChI is InChI=1S/C25H27N3S/c1-3-4-18-25(19-21-10-6-5-7-11-21,29-22-16-14-20(2)15-17-22)28-24-13-9-8-12-23(24)26-27-28/h5-17H,3-4,18-19H2,1-2H3. The van der Waals surface area contributed by atoms with Crippen LogP contribution in [0.2, 0.25) is 0 Å². The van der Waals surface area contributed by atoms with Crippen LogP contribution in [-0.4, -0.2) is 15.0 Å². The number of para-hydroxylation sites is 1. The maximum atomic E-state index is 4.68. The summed E-state index contributed by atoms with van der Waals surface area (Å²) in [5, 5.41) is 9.17. The molecular weight excluding hydrogens is 374 g/mol. The molecule has 4 heteroatoms. The maximum Gasteiger partial charge on any atom is 0.119 e. The minimum Gasteiger partial charge on any atom is -0.228 e. The molecular formula is C25H27N3S. The molecule has 0 aliphatic carbocycles. The summed E-state index contributed by atoms with van der Waals surface area (Å²) in [5.41, 5.74) is 4.65. The van der Waals surface area contributed by atoms with Gasteiger partial charge in [0.2, 0.25) is 0 Å². The Bertz CT molecular complexity index is 1060. The Morgan fingerprint density at radius 2 is 1.62 bits per heavy atom. The molecule has 4 rings (SSSR count). The van der Waals surface area contributed by atoms with Gasteiger partial charge in [0.25, 0.3) is 0 Å². The average molecular weight is 402 g/mol. The van der Waals surface area contributed by atoms with Crippen molar-refractivity contribution in [2.45, 2.75) is 49.3 Å². The van der Waals surface area contributed by atoms with Gasteiger partial charge in [-0.1, -0.05) is 96.9 Å². The molecule has 0 bridgehead atoms. The van der Waals surface area contributed by atoms with Crippen LogP contribution >= 0.6 is 11.8 Å². The van der Waals surface area contributed by atoms with Crippen molar-refractivity contribution in [2.75, 3.05) is 0 Å². The van der Waals surface area contributed by atoms with Gasteiger partial charge >= 0.3 is 0 Å². The van der Waals surface area contributed by atoms with Gasteiger partial charge in [0.1, 0.15) is 10.4 Å². The number of aromatic nitrogens is 3. The highest BCUT2D eigenvalue weighted by Gasteiger charge is 2.36. The van der Waals surface area contributed by atoms with Crippen LogP contribution in [0.15, 0.2) is 83.8 Å². The zero-order chi connectivity index (χ0) is 20.1. The largest absolute Gasteiger partial charge is 0.228 e. The summed E-state index contributed by atoms with van der Waals surface area (Å²) in [6.45, 7) is 4.39. The Kier molecular flexibility index (Phi) is 6.00. The number of aryl methyl sites for hydroxylation is 1. The van der Waals surface area contributed by atoms with E-state index < -0.39 is 0 Å². The maximum absolute atomic E-state index is 4.68. The lowest BCUT2D eigenvalue weighted by atomic mass is 10.00. The number of fused-ring (bicyclic) bond motifs is 1. The predicted octanol–water partition coefficient (Wildman–Crippen LogP) is 6.62. The number of hydrogen-bond donors (Lipinski definition) is 0. The number of thioether (sulfide) groups is 1. The van der Waals surface area contributed by atoms with E-state index in [1.54, 1.807) is 0 Å². The first-order valence-corrected chi connectivity index (χ1v) is 11.1. The van der Waals surface area contributed by atoms with Crippen molar-refractivity contribution in [1.82, 2.24) is 15.0 Å². The van der Waals surface area contributed by atoms with E-state index in [1.165, 1.54) is 16.0 Å². The molecule has 1 aromatic heterocycles. The third-order valence-corrected chi connectivity index (χ3v) is 6.72. The number of benzene rings is 3. The lowest BCUT2D eigenvalue weighted by Crippen LogP contribution is -2.34. The van der Waals surface area contributed by atoms with E-state index in [0.29, 0.717) is 0 Å². The highest BCUT2D eigenvalue weighted by Crippen LogP contribution is 2.44. The van der Waals surface area contributed by atoms with Crippen LogP contribution in [-0.2, 0) is 11.3 Å². The van der Waals surface area contributed by atoms with Gasteiger partial charge in [-0.2, -0.15) is 0 Å². The number of rotatable bonds is 8. The first-order chi connectivity index (χ1) is 14.2. The monoisotopic (exact) mass is 401 g/mol. The van der Waals surface area contributed by atoms with Crippen molar-refractivity contribution in [3.05, 3.63) is 90.0 Å². The van der Waals surface area contributed by atoms with Crippen LogP contribution in [0.25, 0.3) is 11.0 Å². The van der Waals surface area contributed by atoms with Crippen LogP contribution < -0.4 is 0 Å². The second kappa shape index (κ2) is 8.83. The van der Waals surface area contributed by atoms with E-state index in [4.69, 9.17) is 0 Å². The third-order valence-electron chi connectivity index (χ3n) is 5.31. The van der Waals surface area contributed by atoms with Crippen molar-refractivity contribution in [3.8, 4) is 0 Å². The molecule has 1 unspecified atom stereocenters. The van der Waals surface area contributed by atoms with Gasteiger partial charge < -0.3 is 0 Å². The molecule has 0 fully saturated rings. The molecule has 0 spiro atoms. The fraction of sp³-hybridized carbons (Fsp3) is 0.280. The van der Waals surface area contributed by atoms with E-state index in [2.05, 4.69) is 95.6 Å². The highest BCUT2D eigenvalue weighted by atomic mass is 32.2. The summed E-state index contributed by atoms with van der Waals surface area (Å²) < 4.78 is 2.18. The van der Waals surface area contributed by atoms with Gasteiger partial charge in [-0.3, -0.25) is 0 Å². The van der Waals surface area contributed by atoms with Crippen molar-refractivity contribution in [2.24, 2.45) is 0 Å². The molecule has 0 saturated heterocycles. The van der Waals surface area contributed by atoms with Crippen molar-refractivity contribution >= 4 is 22.8 Å². The first kappa shape index (κ1) is 19.7. The molecule has 148 valence electrons. The number of unbranched alkanes of at least 4 members (excludes halogenated alkanes) is 1. The van der Waals surface area contributed by atoms with Gasteiger partial charge in [-0.15, -0.1) is 5.10 Å². The van der Waals surface area contributed by atoms with Gasteiger partial charge in [-0.05, 0) is 43.2 Å². The zero-order valence-electron chi connectivity index (χ0n) is 17.1. The Morgan fingerprint density at radius 3 is 2.38 bits per heavy atom. The quantitative estimate of drug-likeness (QED) is 0.311. The molecule has 3 aromatic carbocycles. The summed E-state index contributed by atoms with van der Waals surface area (Å²) in [6.07, 6.45) is 4.22. The van der Waals surface area contributed by atoms with E-state index in [0.717, 1.165) is 36.7 Å². The summed E-state index contributed by atoms with van der Waals surface area (Å²) in [6, 6.07) is 27.9. The SMILES string of the molecule is CCCCC(Cc1ccccc1)(Sc1ccc(C)cc1)n1nnc2ccccc21. The van der Waals surface area contributed by atoms with Crippen molar-refractivity contribution < 1.29 is 0 Å². The minimum absolute atomic E-state index is 0.233. The molecule has 0 radical (unpaired) electrons. The van der Waals surface area contributed by atoms with Crippen molar-refractivity contribution in [3.63, 3.8) is 0 Å². The lowest BCUT2D eigenvalue weighted by Gasteiger charge is -2.34. The molecule has 3 nitrogen and oxygen atoms in total. The van der Waals surface area contributed by atoms with Crippen LogP contribution in [0.5, 0.6) is 0 Å². The molecule has 0 aliphatic heterocycles. The second-order valence-electron chi connectivity index (χ2n) is 7.62. The van der Waals surface area contributed by atoms with Gasteiger partial charge in [-0.25, -0.2) is 4.68 Å². The molecule has 1 atom stereocenters. The zero-order valence-corrected chi connectivity index (χ0v) is 17.9. The van der Waals surface area contributed by atoms with Gasteiger partial charge in [0.15, 0.2) is 0 Å². The normalized spacial score (nSPS) is 13.4. The molecule has 0 aliphatic rings. The summed E-state index contributed by atoms with van der Waals surface area (Å²) in [4.78, 5) is 1.03. The Hall–Kier alpha value is -2.59. The van der Waals surface area contributed by atoms with E-state index in [9.17, 15) is 0 Å². The van der Waals surface area contributed by atoms with Gasteiger partial charge in [0, 0.05) is 11.3 Å². The van der Waals surface area contributed by atoms with E-state index >= 15 is 0 Å². The fourth-order valence-electron chi connectivity index (χ4n) is 3.76. The minimum atomic E-state index is -0.233. The number of nitrogens with zero attached hydrogens (tertiary/aromatic N) is 3. The van der Waals surface area contributed by atoms with Crippen molar-refractivity contribution in [1.29, 1.82) is 0 Å². The molecule has 29 heavy (non-hydrogen) atoms. The number of hydrogen-bond acceptors (Lipinski definition) is 3. The predicted molar refractivity (Wildman–Crippen MR) is 122 cm³/mol. The Balaban J connectivity index is 1.85. The topological polar surface area (TPSA) is 30.7 Å². The summed E-state index contributed by atoms with van der Waals surface area (Å²) in [5.74, 6) is 0. The smallest absolute Gasteiger partial charge is 0.119 e. The highest BCUT2D eigenvalue weighted by molar-refractivity contribution is 8.00. The summed E-state index contributed by atoms with van der Waals surface area (Å²) >= 11 is 1.91. The Morgan fingerprint density at radius 1 is 0.897 bits per heavy atom. The lowest BCUT2D eigenvalue weighted by molar-refractivity contribution is 0.362. The van der Waals surface area contributed by atoms with E-state index in [1.807, 2.05) is 23.9 Å². The molecule has 0 amide bonds. The molecule has 1 heterocycles. The third kappa shape index (κ3) is 4.38. The van der Waals surface area contributed by atoms with Crippen LogP contribution in [0, 0.1) is 6.92 Å². The molecule has 0 N–H and O–H groups in total. The van der Waals surface area contributed by atoms with E-state index in [-0.39, 0.29) is 4.87 Å². The molecule has 4 aromatic rings. The molecule has 0 saturated carbocycles. The van der Waals surface area contributed by atoms with Crippen LogP contribution in [0.4, 0.5) is 0 Å². The van der Waals surface area contributed by atoms with Gasteiger partial charge in [0.05, 0.1) is 5.52 Å². The van der Waals surface area contributed by atoms with Crippen LogP contribution in [0.1, 0.15) is 37.3 Å². The Labute approximate surface area is 177 Å². The second-order valence-corrected chi connectivity index (χ2v) is 9.05. The summed E-state index contributed by atoms with van der Waals surface area (Å²) in [7, 11) is 0.